The fourth-order valence-corrected chi connectivity index (χ4v) is 6.87. The van der Waals surface area contributed by atoms with Crippen LogP contribution in [0.25, 0.3) is 32.9 Å². The van der Waals surface area contributed by atoms with Crippen molar-refractivity contribution in [1.82, 2.24) is 4.98 Å². The van der Waals surface area contributed by atoms with E-state index >= 15 is 0 Å². The first-order valence-corrected chi connectivity index (χ1v) is 13.5. The third kappa shape index (κ3) is 4.24. The molecule has 0 fully saturated rings. The molecule has 0 aliphatic rings. The molecule has 0 saturated carbocycles. The van der Waals surface area contributed by atoms with Crippen LogP contribution in [0.4, 0.5) is 5.69 Å². The van der Waals surface area contributed by atoms with Crippen molar-refractivity contribution in [2.45, 2.75) is 6.92 Å². The Kier molecular flexibility index (Phi) is 6.26. The highest BCUT2D eigenvalue weighted by Crippen LogP contribution is 2.53. The molecule has 1 atom stereocenters. The smallest absolute Gasteiger partial charge is 0.348 e. The van der Waals surface area contributed by atoms with E-state index in [0.29, 0.717) is 22.3 Å². The van der Waals surface area contributed by atoms with Crippen LogP contribution in [0.5, 0.6) is 0 Å². The summed E-state index contributed by atoms with van der Waals surface area (Å²) < 4.78 is 26.7. The predicted molar refractivity (Wildman–Crippen MR) is 144 cm³/mol. The molecule has 3 heterocycles. The number of aromatic carboxylic acids is 1. The van der Waals surface area contributed by atoms with Crippen LogP contribution in [-0.4, -0.2) is 30.2 Å². The van der Waals surface area contributed by atoms with Gasteiger partial charge in [-0.2, -0.15) is 0 Å². The normalized spacial score (nSPS) is 13.0. The molecule has 0 bridgehead atoms. The fourth-order valence-electron chi connectivity index (χ4n) is 4.00. The van der Waals surface area contributed by atoms with E-state index < -0.39 is 13.5 Å². The number of carboxylic acids is 1. The van der Waals surface area contributed by atoms with Crippen molar-refractivity contribution in [2.24, 2.45) is 0 Å². The molecule has 9 heteroatoms. The molecule has 5 rings (SSSR count). The first-order valence-electron chi connectivity index (χ1n) is 11.1. The number of thiophene rings is 1. The van der Waals surface area contributed by atoms with Gasteiger partial charge in [0.1, 0.15) is 16.2 Å². The average Bonchev–Trinajstić information content (AvgIpc) is 3.53. The zero-order chi connectivity index (χ0) is 25.4. The summed E-state index contributed by atoms with van der Waals surface area (Å²) in [6, 6.07) is 22.2. The number of benzene rings is 2. The van der Waals surface area contributed by atoms with Crippen LogP contribution in [0.15, 0.2) is 83.4 Å². The Balaban J connectivity index is 1.50. The van der Waals surface area contributed by atoms with E-state index in [2.05, 4.69) is 4.98 Å². The lowest BCUT2D eigenvalue weighted by molar-refractivity contribution is 0.0703. The standard InChI is InChI=1S/C27H23N2O5PS/c1-17-6-12-20(13-7-17)35(32,33-3)29(2)22-16-25(36-26(22)27(30)31)19-10-8-18(9-11-19)24-15-21-23(34-24)5-4-14-28-21/h4-16H,1-3H3,(H,30,31). The molecule has 36 heavy (non-hydrogen) atoms. The number of carbonyl (C=O) groups is 1. The van der Waals surface area contributed by atoms with Gasteiger partial charge in [0.2, 0.25) is 0 Å². The van der Waals surface area contributed by atoms with E-state index in [1.54, 1.807) is 31.4 Å². The summed E-state index contributed by atoms with van der Waals surface area (Å²) >= 11 is 1.13. The van der Waals surface area contributed by atoms with Crippen LogP contribution < -0.4 is 9.97 Å². The monoisotopic (exact) mass is 518 g/mol. The van der Waals surface area contributed by atoms with Crippen molar-refractivity contribution in [3.05, 3.63) is 89.4 Å². The van der Waals surface area contributed by atoms with Gasteiger partial charge in [-0.05, 0) is 42.8 Å². The summed E-state index contributed by atoms with van der Waals surface area (Å²) in [5.74, 6) is -0.390. The van der Waals surface area contributed by atoms with Gasteiger partial charge in [-0.15, -0.1) is 11.3 Å². The van der Waals surface area contributed by atoms with Crippen molar-refractivity contribution in [2.75, 3.05) is 18.8 Å². The highest BCUT2D eigenvalue weighted by atomic mass is 32.1. The molecule has 182 valence electrons. The number of anilines is 1. The number of furan rings is 1. The van der Waals surface area contributed by atoms with Crippen LogP contribution in [-0.2, 0) is 9.09 Å². The van der Waals surface area contributed by atoms with E-state index in [1.165, 1.54) is 11.8 Å². The molecule has 0 aliphatic carbocycles. The fraction of sp³-hybridized carbons (Fsp3) is 0.111. The number of hydrogen-bond acceptors (Lipinski definition) is 6. The third-order valence-corrected chi connectivity index (χ3v) is 9.61. The largest absolute Gasteiger partial charge is 0.477 e. The Morgan fingerprint density at radius 2 is 1.75 bits per heavy atom. The Hall–Kier alpha value is -3.71. The maximum absolute atomic E-state index is 13.9. The molecule has 1 N–H and O–H groups in total. The third-order valence-electron chi connectivity index (χ3n) is 6.00. The van der Waals surface area contributed by atoms with Crippen LogP contribution in [0.3, 0.4) is 0 Å². The highest BCUT2D eigenvalue weighted by molar-refractivity contribution is 7.68. The van der Waals surface area contributed by atoms with Crippen molar-refractivity contribution < 1.29 is 23.4 Å². The van der Waals surface area contributed by atoms with E-state index in [0.717, 1.165) is 38.4 Å². The van der Waals surface area contributed by atoms with Gasteiger partial charge >= 0.3 is 13.5 Å². The number of aromatic nitrogens is 1. The van der Waals surface area contributed by atoms with Gasteiger partial charge in [-0.25, -0.2) is 4.79 Å². The van der Waals surface area contributed by atoms with Gasteiger partial charge in [0, 0.05) is 36.9 Å². The van der Waals surface area contributed by atoms with Gasteiger partial charge in [0.25, 0.3) is 0 Å². The Labute approximate surface area is 212 Å². The summed E-state index contributed by atoms with van der Waals surface area (Å²) in [5, 5.41) is 10.4. The second kappa shape index (κ2) is 9.39. The zero-order valence-electron chi connectivity index (χ0n) is 19.8. The van der Waals surface area contributed by atoms with E-state index in [-0.39, 0.29) is 4.88 Å². The summed E-state index contributed by atoms with van der Waals surface area (Å²) in [4.78, 5) is 17.3. The number of rotatable bonds is 7. The number of aryl methyl sites for hydroxylation is 1. The molecule has 0 radical (unpaired) electrons. The summed E-state index contributed by atoms with van der Waals surface area (Å²) in [5.41, 5.74) is 4.57. The van der Waals surface area contributed by atoms with Gasteiger partial charge in [-0.3, -0.25) is 14.2 Å². The number of fused-ring (bicyclic) bond motifs is 1. The van der Waals surface area contributed by atoms with Gasteiger partial charge in [0.05, 0.1) is 11.0 Å². The maximum atomic E-state index is 13.9. The summed E-state index contributed by atoms with van der Waals surface area (Å²) in [6.45, 7) is 1.94. The van der Waals surface area contributed by atoms with E-state index in [9.17, 15) is 14.5 Å². The first kappa shape index (κ1) is 24.0. The quantitative estimate of drug-likeness (QED) is 0.236. The van der Waals surface area contributed by atoms with E-state index in [4.69, 9.17) is 8.94 Å². The van der Waals surface area contributed by atoms with Crippen molar-refractivity contribution >= 4 is 46.9 Å². The number of carboxylic acid groups (broad SMARTS) is 1. The van der Waals surface area contributed by atoms with E-state index in [1.807, 2.05) is 61.5 Å². The molecule has 0 spiro atoms. The topological polar surface area (TPSA) is 92.9 Å². The van der Waals surface area contributed by atoms with Crippen LogP contribution in [0.1, 0.15) is 15.2 Å². The molecule has 7 nitrogen and oxygen atoms in total. The van der Waals surface area contributed by atoms with Gasteiger partial charge in [-0.1, -0.05) is 42.0 Å². The number of hydrogen-bond donors (Lipinski definition) is 1. The second-order valence-corrected chi connectivity index (χ2v) is 11.8. The lowest BCUT2D eigenvalue weighted by atomic mass is 10.1. The van der Waals surface area contributed by atoms with Crippen LogP contribution >= 0.6 is 18.9 Å². The highest BCUT2D eigenvalue weighted by Gasteiger charge is 2.34. The van der Waals surface area contributed by atoms with Crippen LogP contribution in [0.2, 0.25) is 0 Å². The lowest BCUT2D eigenvalue weighted by Crippen LogP contribution is -2.24. The van der Waals surface area contributed by atoms with Crippen LogP contribution in [0, 0.1) is 6.92 Å². The molecular weight excluding hydrogens is 495 g/mol. The summed E-state index contributed by atoms with van der Waals surface area (Å²) in [6.07, 6.45) is 1.72. The molecule has 3 aromatic heterocycles. The van der Waals surface area contributed by atoms with Crippen molar-refractivity contribution in [1.29, 1.82) is 0 Å². The van der Waals surface area contributed by atoms with Gasteiger partial charge in [0.15, 0.2) is 5.58 Å². The van der Waals surface area contributed by atoms with Crippen molar-refractivity contribution in [3.63, 3.8) is 0 Å². The molecule has 0 amide bonds. The Bertz CT molecular complexity index is 1570. The lowest BCUT2D eigenvalue weighted by Gasteiger charge is -2.28. The number of nitrogens with zero attached hydrogens (tertiary/aromatic N) is 2. The predicted octanol–water partition coefficient (Wildman–Crippen LogP) is 6.83. The molecular formula is C27H23N2O5PS. The minimum absolute atomic E-state index is 0.0873. The average molecular weight is 519 g/mol. The Morgan fingerprint density at radius 1 is 1.06 bits per heavy atom. The molecule has 5 aromatic rings. The maximum Gasteiger partial charge on any atom is 0.348 e. The van der Waals surface area contributed by atoms with Crippen molar-refractivity contribution in [3.8, 4) is 21.8 Å². The first-order chi connectivity index (χ1) is 17.3. The molecule has 2 aromatic carbocycles. The summed E-state index contributed by atoms with van der Waals surface area (Å²) in [7, 11) is -0.564. The molecule has 1 unspecified atom stereocenters. The van der Waals surface area contributed by atoms with Gasteiger partial charge < -0.3 is 14.0 Å². The molecule has 0 aliphatic heterocycles. The SMILES string of the molecule is COP(=O)(c1ccc(C)cc1)N(C)c1cc(-c2ccc(-c3cc4ncccc4o3)cc2)sc1C(=O)O. The minimum Gasteiger partial charge on any atom is -0.477 e. The molecule has 0 saturated heterocycles. The zero-order valence-corrected chi connectivity index (χ0v) is 21.5. The minimum atomic E-state index is -3.53. The Morgan fingerprint density at radius 3 is 2.39 bits per heavy atom. The number of pyridine rings is 1. The second-order valence-electron chi connectivity index (χ2n) is 8.27.